The van der Waals surface area contributed by atoms with Gasteiger partial charge in [0.05, 0.1) is 40.7 Å². The van der Waals surface area contributed by atoms with Crippen molar-refractivity contribution in [1.29, 1.82) is 0 Å². The molecule has 8 heteroatoms. The number of nitrogens with one attached hydrogen (secondary N) is 1. The third kappa shape index (κ3) is 6.20. The minimum absolute atomic E-state index is 0.192. The summed E-state index contributed by atoms with van der Waals surface area (Å²) in [5, 5.41) is 25.9. The second kappa shape index (κ2) is 9.46. The Balaban J connectivity index is 1.82. The van der Waals surface area contributed by atoms with Crippen molar-refractivity contribution in [2.24, 2.45) is 5.73 Å². The van der Waals surface area contributed by atoms with Crippen LogP contribution < -0.4 is 11.1 Å². The molecule has 0 unspecified atom stereocenters. The van der Waals surface area contributed by atoms with Gasteiger partial charge < -0.3 is 26.0 Å². The van der Waals surface area contributed by atoms with Gasteiger partial charge in [0, 0.05) is 4.90 Å². The number of hydrogen-bond acceptors (Lipinski definition) is 6. The van der Waals surface area contributed by atoms with E-state index in [9.17, 15) is 15.0 Å². The fourth-order valence-electron chi connectivity index (χ4n) is 3.07. The van der Waals surface area contributed by atoms with Gasteiger partial charge in [0.25, 0.3) is 5.91 Å². The van der Waals surface area contributed by atoms with Crippen LogP contribution >= 0.6 is 10.9 Å². The maximum Gasteiger partial charge on any atom is 0.251 e. The maximum atomic E-state index is 12.0. The molecule has 0 saturated carbocycles. The van der Waals surface area contributed by atoms with Crippen molar-refractivity contribution in [3.63, 3.8) is 0 Å². The quantitative estimate of drug-likeness (QED) is 0.458. The lowest BCUT2D eigenvalue weighted by Crippen LogP contribution is -2.25. The Bertz CT molecular complexity index is 1030. The molecule has 1 amide bonds. The van der Waals surface area contributed by atoms with Gasteiger partial charge in [-0.2, -0.15) is 0 Å². The fraction of sp³-hybridized carbons (Fsp3) is 0.333. The van der Waals surface area contributed by atoms with Crippen molar-refractivity contribution in [2.75, 3.05) is 11.9 Å². The van der Waals surface area contributed by atoms with Gasteiger partial charge in [-0.1, -0.05) is 18.2 Å². The minimum atomic E-state index is -0.930. The molecular formula is C24H30N3O4S. The number of rotatable bonds is 9. The predicted molar refractivity (Wildman–Crippen MR) is 127 cm³/mol. The lowest BCUT2D eigenvalue weighted by molar-refractivity contribution is -0.114. The Labute approximate surface area is 191 Å². The lowest BCUT2D eigenvalue weighted by Gasteiger charge is -2.22. The smallest absolute Gasteiger partial charge is 0.251 e. The highest BCUT2D eigenvalue weighted by Crippen LogP contribution is 2.50. The van der Waals surface area contributed by atoms with Crippen LogP contribution in [0.15, 0.2) is 69.4 Å². The van der Waals surface area contributed by atoms with Gasteiger partial charge >= 0.3 is 0 Å². The molecule has 2 aromatic rings. The molecule has 0 atom stereocenters. The van der Waals surface area contributed by atoms with Crippen LogP contribution in [-0.2, 0) is 21.7 Å². The van der Waals surface area contributed by atoms with E-state index in [1.807, 2.05) is 47.9 Å². The highest BCUT2D eigenvalue weighted by atomic mass is 32.2. The van der Waals surface area contributed by atoms with Gasteiger partial charge in [0.2, 0.25) is 0 Å². The summed E-state index contributed by atoms with van der Waals surface area (Å²) in [6.07, 6.45) is 1.73. The average molecular weight is 457 g/mol. The largest absolute Gasteiger partial charge is 0.388 e. The summed E-state index contributed by atoms with van der Waals surface area (Å²) in [4.78, 5) is 17.6. The van der Waals surface area contributed by atoms with Gasteiger partial charge in [0.15, 0.2) is 0 Å². The molecule has 1 aromatic heterocycles. The van der Waals surface area contributed by atoms with Crippen molar-refractivity contribution >= 4 is 22.6 Å². The van der Waals surface area contributed by atoms with Gasteiger partial charge in [-0.25, -0.2) is 4.98 Å². The number of nitrogens with zero attached hydrogens (tertiary/aromatic N) is 1. The van der Waals surface area contributed by atoms with E-state index >= 15 is 0 Å². The van der Waals surface area contributed by atoms with Crippen LogP contribution in [0.5, 0.6) is 0 Å². The summed E-state index contributed by atoms with van der Waals surface area (Å²) >= 11 is 0. The molecule has 3 rings (SSSR count). The van der Waals surface area contributed by atoms with Crippen LogP contribution in [0.2, 0.25) is 0 Å². The highest BCUT2D eigenvalue weighted by Gasteiger charge is 2.25. The summed E-state index contributed by atoms with van der Waals surface area (Å²) in [6.45, 7) is 7.28. The number of carbonyl (C=O) groups is 1. The van der Waals surface area contributed by atoms with Crippen LogP contribution in [0.1, 0.15) is 39.0 Å². The van der Waals surface area contributed by atoms with Crippen LogP contribution in [-0.4, -0.2) is 33.3 Å². The topological polar surface area (TPSA) is 118 Å². The molecule has 1 aliphatic rings. The molecule has 171 valence electrons. The number of hydrogen-bond donors (Lipinski definition) is 4. The Morgan fingerprint density at radius 1 is 1.12 bits per heavy atom. The Morgan fingerprint density at radius 2 is 1.81 bits per heavy atom. The molecule has 1 aliphatic heterocycles. The number of aliphatic hydroxyl groups is 2. The van der Waals surface area contributed by atoms with Crippen molar-refractivity contribution in [3.05, 3.63) is 75.8 Å². The van der Waals surface area contributed by atoms with Gasteiger partial charge in [-0.15, -0.1) is 10.9 Å². The molecule has 0 bridgehead atoms. The van der Waals surface area contributed by atoms with Crippen molar-refractivity contribution < 1.29 is 19.7 Å². The van der Waals surface area contributed by atoms with Crippen LogP contribution in [0, 0.1) is 0 Å². The van der Waals surface area contributed by atoms with Gasteiger partial charge in [0.1, 0.15) is 5.82 Å². The van der Waals surface area contributed by atoms with Gasteiger partial charge in [-0.05, 0) is 69.0 Å². The molecule has 7 nitrogen and oxygen atoms in total. The number of nitrogens with two attached hydrogens (primary N) is 1. The lowest BCUT2D eigenvalue weighted by atomic mass is 9.99. The number of ether oxygens (including phenoxy) is 1. The first-order valence-electron chi connectivity index (χ1n) is 10.3. The standard InChI is InChI=1S/C24H30N3O4S/c1-23(2,29)15-31-14-17-6-5-7-20(26-17)27-22-19(21(25)28)12-13-32(22)18-10-8-16(9-11-18)24(3,4)30/h5-13,29-30H,14-15H2,1-4H3,(H2,25,28)(H,26,27). The third-order valence-corrected chi connectivity index (χ3v) is 6.62. The molecule has 0 spiro atoms. The Kier molecular flexibility index (Phi) is 7.09. The summed E-state index contributed by atoms with van der Waals surface area (Å²) < 4.78 is 5.54. The van der Waals surface area contributed by atoms with Crippen molar-refractivity contribution in [1.82, 2.24) is 4.98 Å². The van der Waals surface area contributed by atoms with Crippen LogP contribution in [0.25, 0.3) is 0 Å². The number of benzene rings is 1. The molecule has 0 aliphatic carbocycles. The van der Waals surface area contributed by atoms with Crippen LogP contribution in [0.4, 0.5) is 5.82 Å². The monoisotopic (exact) mass is 456 g/mol. The SMILES string of the molecule is CC(C)(O)COCc1cccc(NC2=C(C(N)=O)C=C[S]2c2ccc(C(C)(C)O)cc2)n1. The van der Waals surface area contributed by atoms with Crippen LogP contribution in [0.3, 0.4) is 0 Å². The maximum absolute atomic E-state index is 12.0. The second-order valence-corrected chi connectivity index (χ2v) is 10.6. The zero-order valence-electron chi connectivity index (χ0n) is 18.8. The first-order valence-corrected chi connectivity index (χ1v) is 11.5. The van der Waals surface area contributed by atoms with E-state index < -0.39 is 28.0 Å². The molecule has 0 fully saturated rings. The van der Waals surface area contributed by atoms with E-state index in [1.165, 1.54) is 0 Å². The van der Waals surface area contributed by atoms with Gasteiger partial charge in [-0.3, -0.25) is 4.79 Å². The summed E-state index contributed by atoms with van der Waals surface area (Å²) in [5.74, 6) is 0.0500. The summed E-state index contributed by atoms with van der Waals surface area (Å²) in [7, 11) is -0.537. The minimum Gasteiger partial charge on any atom is -0.388 e. The fourth-order valence-corrected chi connectivity index (χ4v) is 4.92. The first kappa shape index (κ1) is 24.0. The zero-order valence-corrected chi connectivity index (χ0v) is 19.6. The number of pyridine rings is 1. The van der Waals surface area contributed by atoms with E-state index in [-0.39, 0.29) is 13.2 Å². The normalized spacial score (nSPS) is 14.8. The number of primary amides is 1. The highest BCUT2D eigenvalue weighted by molar-refractivity contribution is 8.23. The molecule has 32 heavy (non-hydrogen) atoms. The number of carbonyl (C=O) groups excluding carboxylic acids is 1. The van der Waals surface area contributed by atoms with Crippen molar-refractivity contribution in [3.8, 4) is 0 Å². The number of amides is 1. The summed E-state index contributed by atoms with van der Waals surface area (Å²) in [5.41, 5.74) is 5.68. The number of aromatic nitrogens is 1. The van der Waals surface area contributed by atoms with E-state index in [1.54, 1.807) is 33.8 Å². The number of anilines is 1. The summed E-state index contributed by atoms with van der Waals surface area (Å²) in [6, 6.07) is 13.1. The molecule has 2 heterocycles. The molecular weight excluding hydrogens is 426 g/mol. The van der Waals surface area contributed by atoms with E-state index in [4.69, 9.17) is 10.5 Å². The molecule has 1 radical (unpaired) electrons. The third-order valence-electron chi connectivity index (χ3n) is 4.67. The predicted octanol–water partition coefficient (Wildman–Crippen LogP) is 3.56. The van der Waals surface area contributed by atoms with E-state index in [0.717, 1.165) is 10.5 Å². The van der Waals surface area contributed by atoms with E-state index in [0.29, 0.717) is 22.1 Å². The molecule has 5 N–H and O–H groups in total. The van der Waals surface area contributed by atoms with E-state index in [2.05, 4.69) is 10.3 Å². The second-order valence-electron chi connectivity index (χ2n) is 8.78. The Hall–Kier alpha value is -2.65. The first-order chi connectivity index (χ1) is 14.9. The molecule has 0 saturated heterocycles. The van der Waals surface area contributed by atoms with Crippen molar-refractivity contribution in [2.45, 2.75) is 50.4 Å². The Morgan fingerprint density at radius 3 is 2.41 bits per heavy atom. The average Bonchev–Trinajstić information content (AvgIpc) is 3.10. The molecule has 1 aromatic carbocycles. The zero-order chi connectivity index (χ0) is 23.5.